The summed E-state index contributed by atoms with van der Waals surface area (Å²) in [6.07, 6.45) is 1.54. The van der Waals surface area contributed by atoms with Crippen molar-refractivity contribution in [3.05, 3.63) is 47.5 Å². The molecule has 2 atom stereocenters. The zero-order valence-corrected chi connectivity index (χ0v) is 21.5. The Balaban J connectivity index is 1.57. The molecule has 4 heterocycles. The predicted molar refractivity (Wildman–Crippen MR) is 138 cm³/mol. The van der Waals surface area contributed by atoms with Gasteiger partial charge in [0.25, 0.3) is 0 Å². The van der Waals surface area contributed by atoms with Crippen LogP contribution in [-0.2, 0) is 0 Å². The van der Waals surface area contributed by atoms with Crippen molar-refractivity contribution in [2.75, 3.05) is 33.2 Å². The molecule has 9 heteroatoms. The second kappa shape index (κ2) is 10.4. The minimum Gasteiger partial charge on any atom is -0.459 e. The van der Waals surface area contributed by atoms with Gasteiger partial charge in [-0.3, -0.25) is 9.98 Å². The van der Waals surface area contributed by atoms with Crippen LogP contribution in [0, 0.1) is 12.8 Å². The lowest BCUT2D eigenvalue weighted by Crippen LogP contribution is -2.51. The molecule has 2 aliphatic rings. The van der Waals surface area contributed by atoms with E-state index in [9.17, 15) is 13.2 Å². The number of aromatic nitrogens is 1. The highest BCUT2D eigenvalue weighted by Gasteiger charge is 2.44. The normalized spacial score (nSPS) is 23.5. The van der Waals surface area contributed by atoms with Crippen LogP contribution in [0.15, 0.2) is 40.0 Å². The van der Waals surface area contributed by atoms with Crippen molar-refractivity contribution in [1.29, 1.82) is 0 Å². The fraction of sp³-hybridized carbons (Fsp3) is 0.556. The first kappa shape index (κ1) is 26.4. The first-order valence-electron chi connectivity index (χ1n) is 12.5. The lowest BCUT2D eigenvalue weighted by Gasteiger charge is -2.39. The average Bonchev–Trinajstić information content (AvgIpc) is 3.14. The van der Waals surface area contributed by atoms with Gasteiger partial charge in [0.2, 0.25) is 0 Å². The van der Waals surface area contributed by atoms with Crippen LogP contribution < -0.4 is 5.73 Å². The van der Waals surface area contributed by atoms with Gasteiger partial charge in [0.15, 0.2) is 5.58 Å². The molecule has 2 fully saturated rings. The van der Waals surface area contributed by atoms with Crippen molar-refractivity contribution >= 4 is 22.5 Å². The summed E-state index contributed by atoms with van der Waals surface area (Å²) in [6, 6.07) is 1.52. The smallest absolute Gasteiger partial charge is 0.393 e. The van der Waals surface area contributed by atoms with E-state index in [1.54, 1.807) is 24.8 Å². The maximum absolute atomic E-state index is 13.4. The van der Waals surface area contributed by atoms with Crippen LogP contribution in [0.3, 0.4) is 0 Å². The Hall–Kier alpha value is -2.65. The molecular weight excluding hydrogens is 467 g/mol. The summed E-state index contributed by atoms with van der Waals surface area (Å²) in [6.45, 7) is 11.9. The van der Waals surface area contributed by atoms with Crippen molar-refractivity contribution in [3.63, 3.8) is 0 Å². The van der Waals surface area contributed by atoms with Crippen molar-refractivity contribution in [3.8, 4) is 0 Å². The van der Waals surface area contributed by atoms with E-state index in [0.717, 1.165) is 31.5 Å². The standard InChI is InChI=1S/C27H36F3N5O/c1-6-23(35-14-21(27(28,29)30)12-22(31)15-35)16(2)33-17(3)25-18(4)36-24-11-20(13-32-26(24)25)19-7-9-34(5)10-8-19/h6,11,13,19,21-22H,3,7-10,12,14-15,31H2,1-2,4-5H3/b23-6+,33-16?. The number of likely N-dealkylation sites (tertiary alicyclic amines) is 2. The van der Waals surface area contributed by atoms with E-state index in [2.05, 4.69) is 24.6 Å². The Labute approximate surface area is 210 Å². The molecule has 2 aromatic rings. The molecule has 2 aliphatic heterocycles. The molecule has 0 amide bonds. The van der Waals surface area contributed by atoms with Gasteiger partial charge in [-0.2, -0.15) is 13.2 Å². The van der Waals surface area contributed by atoms with Crippen molar-refractivity contribution in [2.24, 2.45) is 16.6 Å². The third kappa shape index (κ3) is 5.52. The number of alkyl halides is 3. The van der Waals surface area contributed by atoms with Crippen LogP contribution in [0.2, 0.25) is 0 Å². The van der Waals surface area contributed by atoms with Gasteiger partial charge in [0.05, 0.1) is 28.6 Å². The lowest BCUT2D eigenvalue weighted by molar-refractivity contribution is -0.186. The number of furan rings is 1. The van der Waals surface area contributed by atoms with Gasteiger partial charge >= 0.3 is 6.18 Å². The molecule has 0 spiro atoms. The SMILES string of the molecule is C=C(N=C(C)/C(=C\C)N1CC(N)CC(C(F)(F)F)C1)c1c(C)oc2cc(C3CCN(C)CC3)cnc12. The lowest BCUT2D eigenvalue weighted by atomic mass is 9.90. The van der Waals surface area contributed by atoms with Crippen LogP contribution in [0.1, 0.15) is 55.9 Å². The van der Waals surface area contributed by atoms with E-state index in [1.165, 1.54) is 5.56 Å². The molecule has 6 nitrogen and oxygen atoms in total. The molecule has 4 rings (SSSR count). The molecule has 0 aromatic carbocycles. The number of halogens is 3. The summed E-state index contributed by atoms with van der Waals surface area (Å²) in [5.74, 6) is -0.335. The molecular formula is C27H36F3N5O. The minimum absolute atomic E-state index is 0.0642. The Morgan fingerprint density at radius 1 is 1.28 bits per heavy atom. The topological polar surface area (TPSA) is 70.9 Å². The number of rotatable bonds is 5. The van der Waals surface area contributed by atoms with Gasteiger partial charge in [-0.15, -0.1) is 0 Å². The summed E-state index contributed by atoms with van der Waals surface area (Å²) in [4.78, 5) is 13.4. The first-order valence-corrected chi connectivity index (χ1v) is 12.5. The number of piperidine rings is 2. The fourth-order valence-electron chi connectivity index (χ4n) is 5.52. The van der Waals surface area contributed by atoms with E-state index in [0.29, 0.717) is 46.4 Å². The highest BCUT2D eigenvalue weighted by molar-refractivity contribution is 6.02. The van der Waals surface area contributed by atoms with Crippen molar-refractivity contribution in [2.45, 2.75) is 58.2 Å². The summed E-state index contributed by atoms with van der Waals surface area (Å²) in [5.41, 5.74) is 11.0. The van der Waals surface area contributed by atoms with E-state index < -0.39 is 18.1 Å². The van der Waals surface area contributed by atoms with E-state index >= 15 is 0 Å². The van der Waals surface area contributed by atoms with E-state index in [-0.39, 0.29) is 13.0 Å². The molecule has 2 saturated heterocycles. The number of nitrogens with zero attached hydrogens (tertiary/aromatic N) is 4. The highest BCUT2D eigenvalue weighted by Crippen LogP contribution is 2.36. The Bertz CT molecular complexity index is 1170. The molecule has 196 valence electrons. The zero-order valence-electron chi connectivity index (χ0n) is 21.5. The van der Waals surface area contributed by atoms with E-state index in [4.69, 9.17) is 20.1 Å². The molecule has 2 aromatic heterocycles. The summed E-state index contributed by atoms with van der Waals surface area (Å²) in [5, 5.41) is 0. The van der Waals surface area contributed by atoms with Gasteiger partial charge in [-0.25, -0.2) is 0 Å². The maximum atomic E-state index is 13.4. The number of hydrogen-bond acceptors (Lipinski definition) is 6. The predicted octanol–water partition coefficient (Wildman–Crippen LogP) is 5.49. The number of hydrogen-bond donors (Lipinski definition) is 1. The summed E-state index contributed by atoms with van der Waals surface area (Å²) >= 11 is 0. The Kier molecular flexibility index (Phi) is 7.61. The molecule has 0 radical (unpaired) electrons. The number of nitrogens with two attached hydrogens (primary N) is 1. The van der Waals surface area contributed by atoms with Crippen molar-refractivity contribution in [1.82, 2.24) is 14.8 Å². The van der Waals surface area contributed by atoms with Crippen LogP contribution >= 0.6 is 0 Å². The van der Waals surface area contributed by atoms with Gasteiger partial charge < -0.3 is 20.0 Å². The third-order valence-electron chi connectivity index (χ3n) is 7.44. The Morgan fingerprint density at radius 2 is 1.97 bits per heavy atom. The van der Waals surface area contributed by atoms with Gasteiger partial charge in [0, 0.05) is 25.3 Å². The summed E-state index contributed by atoms with van der Waals surface area (Å²) in [7, 11) is 2.14. The van der Waals surface area contributed by atoms with Gasteiger partial charge in [0.1, 0.15) is 11.3 Å². The monoisotopic (exact) mass is 503 g/mol. The largest absolute Gasteiger partial charge is 0.459 e. The summed E-state index contributed by atoms with van der Waals surface area (Å²) < 4.78 is 46.4. The van der Waals surface area contributed by atoms with Crippen molar-refractivity contribution < 1.29 is 17.6 Å². The average molecular weight is 504 g/mol. The highest BCUT2D eigenvalue weighted by atomic mass is 19.4. The molecule has 0 bridgehead atoms. The molecule has 0 aliphatic carbocycles. The van der Waals surface area contributed by atoms with E-state index in [1.807, 2.05) is 13.1 Å². The maximum Gasteiger partial charge on any atom is 0.393 e. The zero-order chi connectivity index (χ0) is 26.2. The Morgan fingerprint density at radius 3 is 2.61 bits per heavy atom. The molecule has 2 unspecified atom stereocenters. The van der Waals surface area contributed by atoms with Gasteiger partial charge in [-0.1, -0.05) is 12.7 Å². The number of aliphatic imine (C=N–C) groups is 1. The fourth-order valence-corrected chi connectivity index (χ4v) is 5.52. The second-order valence-corrected chi connectivity index (χ2v) is 10.2. The molecule has 2 N–H and O–H groups in total. The number of pyridine rings is 1. The minimum atomic E-state index is -4.28. The quantitative estimate of drug-likeness (QED) is 0.546. The number of allylic oxidation sites excluding steroid dienone is 2. The number of aryl methyl sites for hydroxylation is 1. The van der Waals surface area contributed by atoms with Crippen LogP contribution in [0.5, 0.6) is 0 Å². The van der Waals surface area contributed by atoms with Crippen LogP contribution in [-0.4, -0.2) is 65.9 Å². The first-order chi connectivity index (χ1) is 17.0. The third-order valence-corrected chi connectivity index (χ3v) is 7.44. The van der Waals surface area contributed by atoms with Gasteiger partial charge in [-0.05, 0) is 77.7 Å². The molecule has 36 heavy (non-hydrogen) atoms. The molecule has 0 saturated carbocycles. The van der Waals surface area contributed by atoms with Crippen LogP contribution in [0.4, 0.5) is 13.2 Å². The second-order valence-electron chi connectivity index (χ2n) is 10.2. The number of fused-ring (bicyclic) bond motifs is 1. The van der Waals surface area contributed by atoms with Crippen LogP contribution in [0.25, 0.3) is 16.8 Å².